The Labute approximate surface area is 391 Å². The Morgan fingerprint density at radius 2 is 0.612 bits per heavy atom. The summed E-state index contributed by atoms with van der Waals surface area (Å²) in [5, 5.41) is 12.2. The minimum atomic E-state index is 1.05. The molecule has 67 heavy (non-hydrogen) atoms. The summed E-state index contributed by atoms with van der Waals surface area (Å²) in [5.74, 6) is 0. The van der Waals surface area contributed by atoms with Crippen molar-refractivity contribution in [3.05, 3.63) is 241 Å². The molecular formula is C63H48N4. The largest absolute Gasteiger partial charge is 0.356 e. The highest BCUT2D eigenvalue weighted by atomic mass is 15.0. The fraction of sp³-hybridized carbons (Fsp3) is 0.0476. The van der Waals surface area contributed by atoms with Gasteiger partial charge in [-0.05, 0) is 151 Å². The summed E-state index contributed by atoms with van der Waals surface area (Å²) in [6.07, 6.45) is 0. The molecule has 4 nitrogen and oxygen atoms in total. The van der Waals surface area contributed by atoms with Crippen LogP contribution in [0.3, 0.4) is 0 Å². The third-order valence-electron chi connectivity index (χ3n) is 13.3. The summed E-state index contributed by atoms with van der Waals surface area (Å²) in [6, 6.07) is 81.9. The summed E-state index contributed by atoms with van der Waals surface area (Å²) in [4.78, 5) is 0. The molecule has 0 atom stereocenters. The number of nitrogens with one attached hydrogen (secondary N) is 2. The lowest BCUT2D eigenvalue weighted by atomic mass is 9.87. The molecule has 2 heterocycles. The van der Waals surface area contributed by atoms with Crippen molar-refractivity contribution in [1.29, 1.82) is 0 Å². The first-order valence-electron chi connectivity index (χ1n) is 23.1. The second kappa shape index (κ2) is 16.4. The third kappa shape index (κ3) is 7.11. The number of hydrogen-bond acceptors (Lipinski definition) is 2. The predicted octanol–water partition coefficient (Wildman–Crippen LogP) is 17.3. The minimum Gasteiger partial charge on any atom is -0.356 e. The van der Waals surface area contributed by atoms with Crippen molar-refractivity contribution < 1.29 is 0 Å². The minimum absolute atomic E-state index is 1.05. The normalized spacial score (nSPS) is 11.5. The molecule has 0 bridgehead atoms. The van der Waals surface area contributed by atoms with Gasteiger partial charge in [-0.15, -0.1) is 0 Å². The zero-order valence-electron chi connectivity index (χ0n) is 37.8. The SMILES string of the molecule is Cc1ccc(Nc2ccc3c(c2)c2c(-c4ccccc4-c4ccccc4-c4cccc5c4c4cc(Nc6ccc(C)cc6)ccc4n5-c4ccc(C)cc4)cccc2n3-c2ccccc2)cc1. The van der Waals surface area contributed by atoms with E-state index < -0.39 is 0 Å². The Morgan fingerprint density at radius 3 is 1.04 bits per heavy atom. The van der Waals surface area contributed by atoms with Crippen LogP contribution in [0.5, 0.6) is 0 Å². The standard InChI is InChI=1S/C63H48N4/c1-41-23-29-44(30-24-41)64-46-33-37-58-56(39-46)62-54(19-11-21-60(62)66(58)48-13-5-4-6-14-48)52-17-9-7-15-50(52)51-16-8-10-18-53(51)55-20-12-22-61-63(55)57-40-47(65-45-31-25-42(2)26-32-45)34-38-59(57)67(61)49-35-27-43(3)28-36-49/h4-40,64-65H,1-3H3. The van der Waals surface area contributed by atoms with E-state index >= 15 is 0 Å². The monoisotopic (exact) mass is 860 g/mol. The maximum absolute atomic E-state index is 3.71. The van der Waals surface area contributed by atoms with E-state index in [-0.39, 0.29) is 0 Å². The van der Waals surface area contributed by atoms with Crippen molar-refractivity contribution in [2.45, 2.75) is 20.8 Å². The van der Waals surface area contributed by atoms with E-state index in [4.69, 9.17) is 0 Å². The first-order chi connectivity index (χ1) is 32.9. The van der Waals surface area contributed by atoms with Crippen molar-refractivity contribution in [3.8, 4) is 44.8 Å². The highest BCUT2D eigenvalue weighted by Gasteiger charge is 2.22. The van der Waals surface area contributed by atoms with Crippen LogP contribution in [0.25, 0.3) is 88.4 Å². The number of hydrogen-bond donors (Lipinski definition) is 2. The zero-order valence-corrected chi connectivity index (χ0v) is 37.8. The number of aryl methyl sites for hydroxylation is 3. The van der Waals surface area contributed by atoms with Gasteiger partial charge in [0.05, 0.1) is 22.1 Å². The van der Waals surface area contributed by atoms with E-state index in [9.17, 15) is 0 Å². The summed E-state index contributed by atoms with van der Waals surface area (Å²) in [6.45, 7) is 6.40. The smallest absolute Gasteiger partial charge is 0.0547 e. The third-order valence-corrected chi connectivity index (χ3v) is 13.3. The molecule has 0 saturated heterocycles. The van der Waals surface area contributed by atoms with Crippen molar-refractivity contribution in [1.82, 2.24) is 9.13 Å². The molecule has 0 saturated carbocycles. The molecule has 0 aliphatic heterocycles. The van der Waals surface area contributed by atoms with Crippen LogP contribution in [-0.2, 0) is 0 Å². The number of fused-ring (bicyclic) bond motifs is 6. The van der Waals surface area contributed by atoms with Crippen LogP contribution in [0, 0.1) is 20.8 Å². The number of rotatable bonds is 9. The Hall–Kier alpha value is -8.60. The Bertz CT molecular complexity index is 3800. The van der Waals surface area contributed by atoms with Crippen LogP contribution in [0.2, 0.25) is 0 Å². The quantitative estimate of drug-likeness (QED) is 0.152. The van der Waals surface area contributed by atoms with Crippen LogP contribution in [0.1, 0.15) is 16.7 Å². The van der Waals surface area contributed by atoms with Gasteiger partial charge in [-0.1, -0.05) is 144 Å². The highest BCUT2D eigenvalue weighted by molar-refractivity contribution is 6.20. The average Bonchev–Trinajstić information content (AvgIpc) is 3.88. The summed E-state index contributed by atoms with van der Waals surface area (Å²) >= 11 is 0. The number of para-hydroxylation sites is 1. The molecule has 2 N–H and O–H groups in total. The van der Waals surface area contributed by atoms with Crippen molar-refractivity contribution >= 4 is 66.4 Å². The van der Waals surface area contributed by atoms with Crippen LogP contribution >= 0.6 is 0 Å². The van der Waals surface area contributed by atoms with Gasteiger partial charge in [0.2, 0.25) is 0 Å². The van der Waals surface area contributed by atoms with E-state index in [2.05, 4.69) is 265 Å². The maximum atomic E-state index is 3.71. The van der Waals surface area contributed by atoms with Crippen LogP contribution in [-0.4, -0.2) is 9.13 Å². The van der Waals surface area contributed by atoms with E-state index in [1.54, 1.807) is 0 Å². The Balaban J connectivity index is 1.07. The van der Waals surface area contributed by atoms with Gasteiger partial charge in [-0.3, -0.25) is 0 Å². The van der Waals surface area contributed by atoms with Gasteiger partial charge < -0.3 is 19.8 Å². The average molecular weight is 861 g/mol. The predicted molar refractivity (Wildman–Crippen MR) is 285 cm³/mol. The van der Waals surface area contributed by atoms with Gasteiger partial charge in [-0.2, -0.15) is 0 Å². The van der Waals surface area contributed by atoms with Crippen LogP contribution in [0.4, 0.5) is 22.7 Å². The van der Waals surface area contributed by atoms with E-state index in [1.165, 1.54) is 77.1 Å². The van der Waals surface area contributed by atoms with E-state index in [0.717, 1.165) is 50.7 Å². The lowest BCUT2D eigenvalue weighted by Crippen LogP contribution is -1.94. The molecule has 0 aliphatic carbocycles. The summed E-state index contributed by atoms with van der Waals surface area (Å²) in [5.41, 5.74) is 22.0. The van der Waals surface area contributed by atoms with E-state index in [0.29, 0.717) is 0 Å². The first kappa shape index (κ1) is 40.0. The molecule has 2 aromatic heterocycles. The van der Waals surface area contributed by atoms with Gasteiger partial charge in [0.15, 0.2) is 0 Å². The number of benzene rings is 10. The zero-order chi connectivity index (χ0) is 45.0. The van der Waals surface area contributed by atoms with Gasteiger partial charge in [0.1, 0.15) is 0 Å². The molecule has 0 spiro atoms. The summed E-state index contributed by atoms with van der Waals surface area (Å²) in [7, 11) is 0. The summed E-state index contributed by atoms with van der Waals surface area (Å²) < 4.78 is 4.83. The van der Waals surface area contributed by atoms with Crippen LogP contribution < -0.4 is 10.6 Å². The Kier molecular flexibility index (Phi) is 9.80. The number of anilines is 4. The van der Waals surface area contributed by atoms with Gasteiger partial charge in [0.25, 0.3) is 0 Å². The fourth-order valence-electron chi connectivity index (χ4n) is 10.1. The van der Waals surface area contributed by atoms with E-state index in [1.807, 2.05) is 0 Å². The van der Waals surface area contributed by atoms with Crippen molar-refractivity contribution in [3.63, 3.8) is 0 Å². The van der Waals surface area contributed by atoms with Crippen LogP contribution in [0.15, 0.2) is 224 Å². The lowest BCUT2D eigenvalue weighted by molar-refractivity contribution is 1.17. The molecule has 320 valence electrons. The Morgan fingerprint density at radius 1 is 0.269 bits per heavy atom. The fourth-order valence-corrected chi connectivity index (χ4v) is 10.1. The molecule has 0 radical (unpaired) electrons. The van der Waals surface area contributed by atoms with Gasteiger partial charge in [0, 0.05) is 55.7 Å². The lowest BCUT2D eigenvalue weighted by Gasteiger charge is -2.17. The number of aromatic nitrogens is 2. The highest BCUT2D eigenvalue weighted by Crippen LogP contribution is 2.47. The molecule has 0 fully saturated rings. The molecule has 0 aliphatic rings. The molecule has 12 rings (SSSR count). The molecular weight excluding hydrogens is 813 g/mol. The van der Waals surface area contributed by atoms with Gasteiger partial charge >= 0.3 is 0 Å². The van der Waals surface area contributed by atoms with Crippen molar-refractivity contribution in [2.24, 2.45) is 0 Å². The molecule has 0 unspecified atom stereocenters. The van der Waals surface area contributed by atoms with Gasteiger partial charge in [-0.25, -0.2) is 0 Å². The molecule has 10 aromatic carbocycles. The molecule has 4 heteroatoms. The topological polar surface area (TPSA) is 33.9 Å². The number of nitrogens with zero attached hydrogens (tertiary/aromatic N) is 2. The van der Waals surface area contributed by atoms with Crippen molar-refractivity contribution in [2.75, 3.05) is 10.6 Å². The maximum Gasteiger partial charge on any atom is 0.0547 e. The second-order valence-corrected chi connectivity index (χ2v) is 17.8. The molecule has 0 amide bonds. The second-order valence-electron chi connectivity index (χ2n) is 17.8. The molecule has 12 aromatic rings. The first-order valence-corrected chi connectivity index (χ1v) is 23.1.